The third-order valence-corrected chi connectivity index (χ3v) is 6.17. The Balaban J connectivity index is 1.42. The Morgan fingerprint density at radius 3 is 2.58 bits per heavy atom. The van der Waals surface area contributed by atoms with Gasteiger partial charge in [0.05, 0.1) is 29.0 Å². The molecule has 0 spiro atoms. The molecule has 0 radical (unpaired) electrons. The number of aromatic nitrogens is 4. The number of rotatable bonds is 5. The zero-order valence-electron chi connectivity index (χ0n) is 18.2. The largest absolute Gasteiger partial charge is 0.471 e. The number of nitrogens with zero attached hydrogens (tertiary/aromatic N) is 5. The van der Waals surface area contributed by atoms with Crippen molar-refractivity contribution in [3.63, 3.8) is 0 Å². The third kappa shape index (κ3) is 5.35. The summed E-state index contributed by atoms with van der Waals surface area (Å²) in [5.74, 6) is -3.16. The highest BCUT2D eigenvalue weighted by Gasteiger charge is 2.39. The smallest absolute Gasteiger partial charge is 0.377 e. The van der Waals surface area contributed by atoms with Gasteiger partial charge in [-0.05, 0) is 12.1 Å². The van der Waals surface area contributed by atoms with Gasteiger partial charge in [-0.2, -0.15) is 36.4 Å². The van der Waals surface area contributed by atoms with Gasteiger partial charge in [0.25, 0.3) is 11.8 Å². The van der Waals surface area contributed by atoms with Crippen LogP contribution in [0.2, 0.25) is 0 Å². The van der Waals surface area contributed by atoms with Crippen molar-refractivity contribution >= 4 is 23.2 Å². The molecule has 1 aliphatic heterocycles. The van der Waals surface area contributed by atoms with E-state index in [4.69, 9.17) is 4.74 Å². The zero-order valence-corrected chi connectivity index (χ0v) is 19.0. The summed E-state index contributed by atoms with van der Waals surface area (Å²) < 4.78 is 87.2. The van der Waals surface area contributed by atoms with Crippen LogP contribution in [0.15, 0.2) is 22.7 Å². The Bertz CT molecular complexity index is 1270. The molecule has 4 rings (SSSR count). The topological polar surface area (TPSA) is 115 Å². The van der Waals surface area contributed by atoms with Gasteiger partial charge < -0.3 is 19.5 Å². The number of carbonyl (C=O) groups is 2. The van der Waals surface area contributed by atoms with Crippen LogP contribution in [0.5, 0.6) is 0 Å². The number of hydrogen-bond donors (Lipinski definition) is 1. The number of carbonyl (C=O) groups excluding carboxylic acids is 2. The van der Waals surface area contributed by atoms with E-state index in [1.165, 1.54) is 24.1 Å². The molecule has 0 saturated carbocycles. The fraction of sp³-hybridized carbons (Fsp3) is 0.421. The van der Waals surface area contributed by atoms with Gasteiger partial charge in [-0.15, -0.1) is 11.3 Å². The molecular weight excluding hydrogens is 522 g/mol. The monoisotopic (exact) mass is 538 g/mol. The molecule has 2 amide bonds. The second kappa shape index (κ2) is 9.53. The van der Waals surface area contributed by atoms with E-state index in [0.29, 0.717) is 6.07 Å². The van der Waals surface area contributed by atoms with Crippen LogP contribution >= 0.6 is 11.3 Å². The number of halogens is 6. The van der Waals surface area contributed by atoms with Gasteiger partial charge >= 0.3 is 18.2 Å². The predicted molar refractivity (Wildman–Crippen MR) is 109 cm³/mol. The van der Waals surface area contributed by atoms with Gasteiger partial charge in [0.1, 0.15) is 5.69 Å². The second-order valence-corrected chi connectivity index (χ2v) is 8.64. The zero-order chi connectivity index (χ0) is 26.3. The number of alkyl halides is 6. The van der Waals surface area contributed by atoms with Crippen LogP contribution in [0.4, 0.5) is 26.3 Å². The summed E-state index contributed by atoms with van der Waals surface area (Å²) in [5.41, 5.74) is -1.48. The number of thiophene rings is 1. The Kier molecular flexibility index (Phi) is 6.78. The van der Waals surface area contributed by atoms with Gasteiger partial charge in [-0.3, -0.25) is 14.3 Å². The van der Waals surface area contributed by atoms with Gasteiger partial charge in [0.15, 0.2) is 5.69 Å². The first-order valence-electron chi connectivity index (χ1n) is 10.1. The van der Waals surface area contributed by atoms with Gasteiger partial charge in [-0.25, -0.2) is 0 Å². The predicted octanol–water partition coefficient (Wildman–Crippen LogP) is 2.84. The summed E-state index contributed by atoms with van der Waals surface area (Å²) in [4.78, 5) is 30.4. The molecule has 36 heavy (non-hydrogen) atoms. The molecule has 194 valence electrons. The Hall–Kier alpha value is -3.47. The van der Waals surface area contributed by atoms with Crippen molar-refractivity contribution < 1.29 is 45.2 Å². The van der Waals surface area contributed by atoms with E-state index >= 15 is 0 Å². The summed E-state index contributed by atoms with van der Waals surface area (Å²) in [6.45, 7) is 0.157. The van der Waals surface area contributed by atoms with Gasteiger partial charge in [0.2, 0.25) is 5.82 Å². The van der Waals surface area contributed by atoms with E-state index in [1.54, 1.807) is 0 Å². The lowest BCUT2D eigenvalue weighted by Crippen LogP contribution is -2.53. The molecule has 17 heteroatoms. The first-order chi connectivity index (χ1) is 16.8. The summed E-state index contributed by atoms with van der Waals surface area (Å²) in [6.07, 6.45) is -9.53. The van der Waals surface area contributed by atoms with Crippen LogP contribution < -0.4 is 5.32 Å². The van der Waals surface area contributed by atoms with E-state index in [9.17, 15) is 35.9 Å². The van der Waals surface area contributed by atoms with Crippen LogP contribution in [0.3, 0.4) is 0 Å². The molecule has 3 aromatic heterocycles. The molecule has 1 N–H and O–H groups in total. The highest BCUT2D eigenvalue weighted by molar-refractivity contribution is 7.17. The number of morpholine rings is 1. The molecule has 0 bridgehead atoms. The lowest BCUT2D eigenvalue weighted by atomic mass is 10.2. The fourth-order valence-electron chi connectivity index (χ4n) is 3.36. The molecule has 0 aromatic carbocycles. The van der Waals surface area contributed by atoms with Crippen molar-refractivity contribution in [3.05, 3.63) is 40.4 Å². The Morgan fingerprint density at radius 1 is 1.19 bits per heavy atom. The van der Waals surface area contributed by atoms with Gasteiger partial charge in [0, 0.05) is 26.2 Å². The number of hydrogen-bond acceptors (Lipinski definition) is 8. The van der Waals surface area contributed by atoms with Crippen molar-refractivity contribution in [2.75, 3.05) is 26.3 Å². The standard InChI is InChI=1S/C19H16F6N6O4S/c1-30-10(6-13(28-30)18(20,21)22)16(33)31-4-5-34-8-9(31)7-26-15(32)12-3-2-11(36-12)14-27-17(35-29-14)19(23,24)25/h2-3,6,9H,4-5,7-8H2,1H3,(H,26,32). The molecule has 1 unspecified atom stereocenters. The maximum atomic E-state index is 13.0. The van der Waals surface area contributed by atoms with E-state index in [-0.39, 0.29) is 47.6 Å². The van der Waals surface area contributed by atoms with Crippen molar-refractivity contribution in [3.8, 4) is 10.7 Å². The summed E-state index contributed by atoms with van der Waals surface area (Å²) in [7, 11) is 1.22. The molecule has 1 atom stereocenters. The van der Waals surface area contributed by atoms with Crippen molar-refractivity contribution in [2.45, 2.75) is 18.4 Å². The van der Waals surface area contributed by atoms with Crippen LogP contribution in [0, 0.1) is 0 Å². The molecular formula is C19H16F6N6O4S. The molecule has 10 nitrogen and oxygen atoms in total. The minimum atomic E-state index is -4.81. The summed E-state index contributed by atoms with van der Waals surface area (Å²) in [6, 6.07) is 2.67. The van der Waals surface area contributed by atoms with Crippen molar-refractivity contribution in [1.82, 2.24) is 30.1 Å². The molecule has 0 aliphatic carbocycles. The Labute approximate surface area is 201 Å². The average Bonchev–Trinajstić information content (AvgIpc) is 3.55. The van der Waals surface area contributed by atoms with Crippen LogP contribution in [0.25, 0.3) is 10.7 Å². The van der Waals surface area contributed by atoms with Crippen LogP contribution in [0.1, 0.15) is 31.7 Å². The molecule has 1 aliphatic rings. The molecule has 3 aromatic rings. The van der Waals surface area contributed by atoms with Crippen LogP contribution in [-0.2, 0) is 24.1 Å². The molecule has 1 saturated heterocycles. The summed E-state index contributed by atoms with van der Waals surface area (Å²) >= 11 is 0.821. The lowest BCUT2D eigenvalue weighted by Gasteiger charge is -2.35. The number of nitrogens with one attached hydrogen (secondary N) is 1. The lowest BCUT2D eigenvalue weighted by molar-refractivity contribution is -0.159. The van der Waals surface area contributed by atoms with E-state index in [2.05, 4.69) is 25.1 Å². The minimum Gasteiger partial charge on any atom is -0.377 e. The maximum absolute atomic E-state index is 13.0. The quantitative estimate of drug-likeness (QED) is 0.497. The first kappa shape index (κ1) is 25.6. The highest BCUT2D eigenvalue weighted by atomic mass is 32.1. The maximum Gasteiger partial charge on any atom is 0.471 e. The molecule has 4 heterocycles. The number of aryl methyl sites for hydroxylation is 1. The molecule has 1 fully saturated rings. The Morgan fingerprint density at radius 2 is 1.94 bits per heavy atom. The van der Waals surface area contributed by atoms with Gasteiger partial charge in [-0.1, -0.05) is 5.16 Å². The normalized spacial score (nSPS) is 16.9. The second-order valence-electron chi connectivity index (χ2n) is 7.56. The van der Waals surface area contributed by atoms with E-state index < -0.39 is 41.8 Å². The fourth-order valence-corrected chi connectivity index (χ4v) is 4.21. The van der Waals surface area contributed by atoms with Crippen LogP contribution in [-0.4, -0.2) is 69.0 Å². The summed E-state index contributed by atoms with van der Waals surface area (Å²) in [5, 5.41) is 9.20. The van der Waals surface area contributed by atoms with Crippen molar-refractivity contribution in [1.29, 1.82) is 0 Å². The average molecular weight is 538 g/mol. The number of ether oxygens (including phenoxy) is 1. The minimum absolute atomic E-state index is 0.0226. The van der Waals surface area contributed by atoms with E-state index in [1.807, 2.05) is 0 Å². The SMILES string of the molecule is Cn1nc(C(F)(F)F)cc1C(=O)N1CCOCC1CNC(=O)c1ccc(-c2noc(C(F)(F)F)n2)s1. The number of amides is 2. The highest BCUT2D eigenvalue weighted by Crippen LogP contribution is 2.32. The van der Waals surface area contributed by atoms with Crippen molar-refractivity contribution in [2.24, 2.45) is 7.05 Å². The first-order valence-corrected chi connectivity index (χ1v) is 11.0. The van der Waals surface area contributed by atoms with E-state index in [0.717, 1.165) is 16.0 Å². The third-order valence-electron chi connectivity index (χ3n) is 5.09.